The highest BCUT2D eigenvalue weighted by atomic mass is 32.1. The Bertz CT molecular complexity index is 199. The molecule has 7 heteroatoms. The fourth-order valence-corrected chi connectivity index (χ4v) is 0.872. The molecule has 0 aromatic rings. The maximum Gasteiger partial charge on any atom is 0.321 e. The van der Waals surface area contributed by atoms with Crippen molar-refractivity contribution in [2.24, 2.45) is 5.73 Å². The quantitative estimate of drug-likeness (QED) is 0.335. The minimum Gasteiger partial charge on any atom is -0.480 e. The smallest absolute Gasteiger partial charge is 0.321 e. The third kappa shape index (κ3) is 4.71. The fraction of sp³-hybridized carbons (Fsp3) is 0.667. The van der Waals surface area contributed by atoms with Crippen LogP contribution in [0.5, 0.6) is 0 Å². The summed E-state index contributed by atoms with van der Waals surface area (Å²) in [7, 11) is 0. The van der Waals surface area contributed by atoms with Crippen molar-refractivity contribution >= 4 is 24.6 Å². The lowest BCUT2D eigenvalue weighted by Crippen LogP contribution is -2.47. The zero-order valence-corrected chi connectivity index (χ0v) is 7.70. The number of carboxylic acids is 2. The van der Waals surface area contributed by atoms with Crippen LogP contribution in [0.25, 0.3) is 0 Å². The predicted octanol–water partition coefficient (Wildman–Crippen LogP) is -1.63. The number of thiol groups is 1. The summed E-state index contributed by atoms with van der Waals surface area (Å²) in [6, 6.07) is -1.96. The average Bonchev–Trinajstić information content (AvgIpc) is 2.04. The van der Waals surface area contributed by atoms with E-state index in [1.807, 2.05) is 0 Å². The second-order valence-electron chi connectivity index (χ2n) is 2.43. The molecule has 0 radical (unpaired) electrons. The van der Waals surface area contributed by atoms with E-state index in [9.17, 15) is 9.59 Å². The van der Waals surface area contributed by atoms with E-state index in [0.717, 1.165) is 0 Å². The van der Waals surface area contributed by atoms with Crippen LogP contribution < -0.4 is 11.1 Å². The van der Waals surface area contributed by atoms with Gasteiger partial charge in [-0.25, -0.2) is 0 Å². The molecular weight excluding hydrogens is 196 g/mol. The molecule has 2 atom stereocenters. The number of hydrogen-bond donors (Lipinski definition) is 5. The maximum absolute atomic E-state index is 10.4. The van der Waals surface area contributed by atoms with E-state index >= 15 is 0 Å². The number of nitrogens with one attached hydrogen (secondary N) is 1. The molecule has 5 N–H and O–H groups in total. The molecule has 1 unspecified atom stereocenters. The van der Waals surface area contributed by atoms with Gasteiger partial charge in [-0.3, -0.25) is 9.59 Å². The molecule has 0 saturated carbocycles. The Morgan fingerprint density at radius 1 is 1.38 bits per heavy atom. The number of aliphatic carboxylic acids is 2. The molecule has 0 aliphatic heterocycles. The van der Waals surface area contributed by atoms with E-state index in [4.69, 9.17) is 15.9 Å². The Morgan fingerprint density at radius 2 is 1.92 bits per heavy atom. The maximum atomic E-state index is 10.4. The molecule has 0 saturated heterocycles. The van der Waals surface area contributed by atoms with E-state index in [-0.39, 0.29) is 12.3 Å². The van der Waals surface area contributed by atoms with Crippen LogP contribution in [0.3, 0.4) is 0 Å². The molecule has 0 fully saturated rings. The lowest BCUT2D eigenvalue weighted by Gasteiger charge is -2.13. The first-order chi connectivity index (χ1) is 5.99. The normalized spacial score (nSPS) is 14.9. The van der Waals surface area contributed by atoms with Gasteiger partial charge in [-0.1, -0.05) is 0 Å². The number of nitrogens with two attached hydrogens (primary N) is 1. The Morgan fingerprint density at radius 3 is 2.23 bits per heavy atom. The van der Waals surface area contributed by atoms with Crippen LogP contribution in [0.4, 0.5) is 0 Å². The van der Waals surface area contributed by atoms with Crippen LogP contribution in [0.15, 0.2) is 0 Å². The first-order valence-corrected chi connectivity index (χ1v) is 4.17. The molecule has 0 rings (SSSR count). The van der Waals surface area contributed by atoms with Gasteiger partial charge in [0.05, 0.1) is 0 Å². The summed E-state index contributed by atoms with van der Waals surface area (Å²) in [6.45, 7) is -0.0904. The highest BCUT2D eigenvalue weighted by molar-refractivity contribution is 7.80. The van der Waals surface area contributed by atoms with Crippen molar-refractivity contribution < 1.29 is 19.8 Å². The Labute approximate surface area is 80.5 Å². The van der Waals surface area contributed by atoms with E-state index in [0.29, 0.717) is 0 Å². The SMILES string of the molecule is NC(CN[C@H](CS)C(=O)O)C(=O)O. The van der Waals surface area contributed by atoms with Crippen LogP contribution in [0.2, 0.25) is 0 Å². The van der Waals surface area contributed by atoms with Gasteiger partial charge >= 0.3 is 11.9 Å². The van der Waals surface area contributed by atoms with E-state index in [1.165, 1.54) is 0 Å². The van der Waals surface area contributed by atoms with Crippen molar-refractivity contribution in [3.8, 4) is 0 Å². The van der Waals surface area contributed by atoms with Crippen LogP contribution in [-0.4, -0.2) is 46.5 Å². The molecule has 0 aliphatic carbocycles. The minimum absolute atomic E-state index is 0.0850. The van der Waals surface area contributed by atoms with Crippen molar-refractivity contribution in [3.63, 3.8) is 0 Å². The number of rotatable bonds is 6. The highest BCUT2D eigenvalue weighted by Gasteiger charge is 2.18. The van der Waals surface area contributed by atoms with Gasteiger partial charge in [-0.2, -0.15) is 12.6 Å². The molecule has 6 nitrogen and oxygen atoms in total. The van der Waals surface area contributed by atoms with Crippen molar-refractivity contribution in [1.82, 2.24) is 5.32 Å². The third-order valence-electron chi connectivity index (χ3n) is 1.38. The van der Waals surface area contributed by atoms with Gasteiger partial charge in [0.1, 0.15) is 12.1 Å². The summed E-state index contributed by atoms with van der Waals surface area (Å²) in [5.74, 6) is -2.16. The van der Waals surface area contributed by atoms with Crippen LogP contribution >= 0.6 is 12.6 Å². The predicted molar refractivity (Wildman–Crippen MR) is 48.9 cm³/mol. The van der Waals surface area contributed by atoms with Crippen LogP contribution in [-0.2, 0) is 9.59 Å². The molecule has 0 aromatic carbocycles. The minimum atomic E-state index is -1.17. The second-order valence-corrected chi connectivity index (χ2v) is 2.79. The number of carbonyl (C=O) groups is 2. The largest absolute Gasteiger partial charge is 0.480 e. The molecule has 0 bridgehead atoms. The Hall–Kier alpha value is -0.790. The number of carboxylic acid groups (broad SMARTS) is 2. The van der Waals surface area contributed by atoms with Gasteiger partial charge in [0.15, 0.2) is 0 Å². The summed E-state index contributed by atoms with van der Waals surface area (Å²) in [5.41, 5.74) is 5.14. The molecule has 0 spiro atoms. The molecular formula is C6H12N2O4S. The van der Waals surface area contributed by atoms with E-state index in [2.05, 4.69) is 17.9 Å². The van der Waals surface area contributed by atoms with Gasteiger partial charge in [0.25, 0.3) is 0 Å². The summed E-state index contributed by atoms with van der Waals surface area (Å²) in [6.07, 6.45) is 0. The molecule has 0 heterocycles. The van der Waals surface area contributed by atoms with Crippen molar-refractivity contribution in [2.75, 3.05) is 12.3 Å². The number of hydrogen-bond acceptors (Lipinski definition) is 5. The summed E-state index contributed by atoms with van der Waals surface area (Å²) < 4.78 is 0. The van der Waals surface area contributed by atoms with Crippen LogP contribution in [0, 0.1) is 0 Å². The summed E-state index contributed by atoms with van der Waals surface area (Å²) in [5, 5.41) is 19.4. The van der Waals surface area contributed by atoms with Crippen LogP contribution in [0.1, 0.15) is 0 Å². The molecule has 0 amide bonds. The van der Waals surface area contributed by atoms with Crippen molar-refractivity contribution in [1.29, 1.82) is 0 Å². The third-order valence-corrected chi connectivity index (χ3v) is 1.75. The Kier molecular flexibility index (Phi) is 5.44. The van der Waals surface area contributed by atoms with Crippen molar-refractivity contribution in [3.05, 3.63) is 0 Å². The standard InChI is InChI=1S/C6H12N2O4S/c7-3(5(9)10)1-8-4(2-13)6(11)12/h3-4,8,13H,1-2,7H2,(H,9,10)(H,11,12)/t3?,4-/m1/s1. The fourth-order valence-electron chi connectivity index (χ4n) is 0.586. The zero-order chi connectivity index (χ0) is 10.4. The van der Waals surface area contributed by atoms with Gasteiger partial charge in [-0.05, 0) is 0 Å². The molecule has 76 valence electrons. The Balaban J connectivity index is 3.85. The second kappa shape index (κ2) is 5.79. The van der Waals surface area contributed by atoms with Gasteiger partial charge in [-0.15, -0.1) is 0 Å². The lowest BCUT2D eigenvalue weighted by molar-refractivity contribution is -0.141. The lowest BCUT2D eigenvalue weighted by atomic mass is 10.3. The molecule has 13 heavy (non-hydrogen) atoms. The first-order valence-electron chi connectivity index (χ1n) is 3.54. The summed E-state index contributed by atoms with van der Waals surface area (Å²) >= 11 is 3.78. The van der Waals surface area contributed by atoms with Gasteiger partial charge in [0, 0.05) is 12.3 Å². The van der Waals surface area contributed by atoms with Crippen molar-refractivity contribution in [2.45, 2.75) is 12.1 Å². The first kappa shape index (κ1) is 12.2. The molecule has 0 aliphatic rings. The van der Waals surface area contributed by atoms with Gasteiger partial charge < -0.3 is 21.3 Å². The molecule has 0 aromatic heterocycles. The highest BCUT2D eigenvalue weighted by Crippen LogP contribution is 1.88. The average molecular weight is 208 g/mol. The summed E-state index contributed by atoms with van der Waals surface area (Å²) in [4.78, 5) is 20.7. The topological polar surface area (TPSA) is 113 Å². The van der Waals surface area contributed by atoms with E-state index in [1.54, 1.807) is 0 Å². The monoisotopic (exact) mass is 208 g/mol. The zero-order valence-electron chi connectivity index (χ0n) is 6.80. The van der Waals surface area contributed by atoms with E-state index < -0.39 is 24.0 Å². The van der Waals surface area contributed by atoms with Gasteiger partial charge in [0.2, 0.25) is 0 Å².